The van der Waals surface area contributed by atoms with Crippen LogP contribution >= 0.6 is 0 Å². The largest absolute Gasteiger partial charge is 0.368 e. The molecule has 2 rings (SSSR count). The Morgan fingerprint density at radius 3 is 2.40 bits per heavy atom. The van der Waals surface area contributed by atoms with E-state index in [4.69, 9.17) is 5.73 Å². The molecule has 0 bridgehead atoms. The number of nitrogens with zero attached hydrogens (tertiary/aromatic N) is 2. The highest BCUT2D eigenvalue weighted by Crippen LogP contribution is 2.51. The smallest absolute Gasteiger partial charge is 0.240 e. The second kappa shape index (κ2) is 4.61. The number of likely N-dealkylation sites (tertiary alicyclic amines) is 1. The van der Waals surface area contributed by atoms with Crippen molar-refractivity contribution in [1.29, 1.82) is 0 Å². The van der Waals surface area contributed by atoms with Crippen molar-refractivity contribution in [3.05, 3.63) is 11.6 Å². The Labute approximate surface area is 118 Å². The van der Waals surface area contributed by atoms with Crippen molar-refractivity contribution in [3.8, 4) is 0 Å². The summed E-state index contributed by atoms with van der Waals surface area (Å²) >= 11 is 0. The highest BCUT2D eigenvalue weighted by molar-refractivity contribution is 5.98. The van der Waals surface area contributed by atoms with Gasteiger partial charge in [0.2, 0.25) is 17.7 Å². The monoisotopic (exact) mass is 279 g/mol. The van der Waals surface area contributed by atoms with Crippen LogP contribution < -0.4 is 5.73 Å². The number of carbonyl (C=O) groups excluding carboxylic acids is 3. The second-order valence-electron chi connectivity index (χ2n) is 6.02. The van der Waals surface area contributed by atoms with E-state index in [1.54, 1.807) is 11.9 Å². The van der Waals surface area contributed by atoms with Crippen LogP contribution in [0, 0.1) is 11.3 Å². The zero-order valence-electron chi connectivity index (χ0n) is 12.3. The molecule has 0 unspecified atom stereocenters. The van der Waals surface area contributed by atoms with Crippen molar-refractivity contribution < 1.29 is 14.4 Å². The maximum atomic E-state index is 12.7. The number of likely N-dealkylation sites (N-methyl/N-ethyl adjacent to an activating group) is 1. The van der Waals surface area contributed by atoms with Gasteiger partial charge in [0.15, 0.2) is 0 Å². The summed E-state index contributed by atoms with van der Waals surface area (Å²) in [6, 6.07) is -0.626. The van der Waals surface area contributed by atoms with Crippen molar-refractivity contribution in [2.24, 2.45) is 17.1 Å². The average Bonchev–Trinajstić information content (AvgIpc) is 2.90. The van der Waals surface area contributed by atoms with Crippen LogP contribution in [0.5, 0.6) is 0 Å². The predicted molar refractivity (Wildman–Crippen MR) is 73.4 cm³/mol. The van der Waals surface area contributed by atoms with Gasteiger partial charge in [-0.2, -0.15) is 0 Å². The van der Waals surface area contributed by atoms with Crippen molar-refractivity contribution in [2.75, 3.05) is 20.1 Å². The summed E-state index contributed by atoms with van der Waals surface area (Å²) in [7, 11) is 1.60. The van der Waals surface area contributed by atoms with Crippen LogP contribution in [-0.2, 0) is 14.4 Å². The second-order valence-corrected chi connectivity index (χ2v) is 6.02. The van der Waals surface area contributed by atoms with E-state index in [2.05, 4.69) is 0 Å². The first-order chi connectivity index (χ1) is 9.20. The number of nitrogens with two attached hydrogens (primary N) is 1. The predicted octanol–water partition coefficient (Wildman–Crippen LogP) is -0.257. The average molecular weight is 279 g/mol. The molecule has 0 radical (unpaired) electrons. The summed E-state index contributed by atoms with van der Waals surface area (Å²) in [5.74, 6) is -0.738. The lowest BCUT2D eigenvalue weighted by atomic mass is 9.96. The third kappa shape index (κ3) is 2.09. The topological polar surface area (TPSA) is 83.7 Å². The first-order valence-electron chi connectivity index (χ1n) is 6.75. The maximum Gasteiger partial charge on any atom is 0.240 e. The van der Waals surface area contributed by atoms with Gasteiger partial charge in [-0.25, -0.2) is 0 Å². The lowest BCUT2D eigenvalue weighted by molar-refractivity contribution is -0.143. The fourth-order valence-electron chi connectivity index (χ4n) is 3.05. The van der Waals surface area contributed by atoms with Crippen molar-refractivity contribution >= 4 is 17.7 Å². The lowest BCUT2D eigenvalue weighted by Gasteiger charge is -2.32. The first-order valence-corrected chi connectivity index (χ1v) is 6.75. The fourth-order valence-corrected chi connectivity index (χ4v) is 3.05. The molecule has 1 aliphatic heterocycles. The number of carbonyl (C=O) groups is 3. The standard InChI is InChI=1S/C14H21N3O3/c1-8(2)11(12(15)19)16(4)13(20)14-5-10(14)6-17(7-14)9(3)18/h5,8,11H,6-7H2,1-4H3,(H2,15,19)/t11-,14-/m0/s1. The summed E-state index contributed by atoms with van der Waals surface area (Å²) in [4.78, 5) is 38.7. The van der Waals surface area contributed by atoms with Crippen LogP contribution in [-0.4, -0.2) is 53.7 Å². The highest BCUT2D eigenvalue weighted by Gasteiger charge is 2.58. The Kier molecular flexibility index (Phi) is 3.36. The summed E-state index contributed by atoms with van der Waals surface area (Å²) in [6.45, 7) is 6.10. The number of amides is 3. The minimum Gasteiger partial charge on any atom is -0.368 e. The van der Waals surface area contributed by atoms with E-state index in [1.807, 2.05) is 19.9 Å². The number of fused-ring (bicyclic) bond motifs is 1. The number of primary amides is 1. The molecule has 6 nitrogen and oxygen atoms in total. The molecule has 2 atom stereocenters. The van der Waals surface area contributed by atoms with E-state index >= 15 is 0 Å². The summed E-state index contributed by atoms with van der Waals surface area (Å²) < 4.78 is 0. The molecule has 0 aromatic carbocycles. The van der Waals surface area contributed by atoms with E-state index in [9.17, 15) is 14.4 Å². The van der Waals surface area contributed by atoms with E-state index in [1.165, 1.54) is 11.8 Å². The normalized spacial score (nSPS) is 25.1. The maximum absolute atomic E-state index is 12.7. The van der Waals surface area contributed by atoms with Gasteiger partial charge in [0, 0.05) is 27.1 Å². The summed E-state index contributed by atoms with van der Waals surface area (Å²) in [5, 5.41) is 0. The van der Waals surface area contributed by atoms with Gasteiger partial charge in [-0.15, -0.1) is 0 Å². The van der Waals surface area contributed by atoms with Crippen molar-refractivity contribution in [3.63, 3.8) is 0 Å². The molecule has 6 heteroatoms. The molecule has 0 aromatic rings. The van der Waals surface area contributed by atoms with Crippen LogP contribution in [0.2, 0.25) is 0 Å². The Morgan fingerprint density at radius 1 is 1.40 bits per heavy atom. The summed E-state index contributed by atoms with van der Waals surface area (Å²) in [6.07, 6.45) is 1.89. The zero-order valence-corrected chi connectivity index (χ0v) is 12.3. The number of rotatable bonds is 4. The molecule has 1 aliphatic carbocycles. The quantitative estimate of drug-likeness (QED) is 0.720. The minimum absolute atomic E-state index is 0.0387. The molecule has 3 amide bonds. The third-order valence-electron chi connectivity index (χ3n) is 4.20. The number of hydrogen-bond donors (Lipinski definition) is 1. The van der Waals surface area contributed by atoms with Crippen molar-refractivity contribution in [1.82, 2.24) is 9.80 Å². The van der Waals surface area contributed by atoms with Gasteiger partial charge < -0.3 is 15.5 Å². The molecule has 0 aromatic heterocycles. The first kappa shape index (κ1) is 14.6. The van der Waals surface area contributed by atoms with Gasteiger partial charge in [-0.3, -0.25) is 14.4 Å². The molecule has 2 aliphatic rings. The molecule has 0 spiro atoms. The van der Waals surface area contributed by atoms with Crippen LogP contribution in [0.15, 0.2) is 11.6 Å². The molecule has 20 heavy (non-hydrogen) atoms. The van der Waals surface area contributed by atoms with Gasteiger partial charge >= 0.3 is 0 Å². The van der Waals surface area contributed by atoms with E-state index in [0.29, 0.717) is 13.1 Å². The highest BCUT2D eigenvalue weighted by atomic mass is 16.2. The Morgan fingerprint density at radius 2 is 2.00 bits per heavy atom. The van der Waals surface area contributed by atoms with E-state index in [-0.39, 0.29) is 17.7 Å². The van der Waals surface area contributed by atoms with Gasteiger partial charge in [0.05, 0.1) is 0 Å². The van der Waals surface area contributed by atoms with Crippen LogP contribution in [0.3, 0.4) is 0 Å². The van der Waals surface area contributed by atoms with Gasteiger partial charge in [-0.1, -0.05) is 19.9 Å². The molecule has 1 saturated heterocycles. The van der Waals surface area contributed by atoms with E-state index in [0.717, 1.165) is 5.57 Å². The molecule has 1 heterocycles. The van der Waals surface area contributed by atoms with Crippen LogP contribution in [0.25, 0.3) is 0 Å². The van der Waals surface area contributed by atoms with Gasteiger partial charge in [0.25, 0.3) is 0 Å². The molecule has 1 fully saturated rings. The minimum atomic E-state index is -0.678. The third-order valence-corrected chi connectivity index (χ3v) is 4.20. The van der Waals surface area contributed by atoms with Crippen molar-refractivity contribution in [2.45, 2.75) is 26.8 Å². The molecular weight excluding hydrogens is 258 g/mol. The molecular formula is C14H21N3O3. The molecule has 110 valence electrons. The van der Waals surface area contributed by atoms with Gasteiger partial charge in [-0.05, 0) is 11.5 Å². The Balaban J connectivity index is 2.13. The van der Waals surface area contributed by atoms with Crippen LogP contribution in [0.1, 0.15) is 20.8 Å². The number of hydrogen-bond acceptors (Lipinski definition) is 3. The Hall–Kier alpha value is -1.85. The van der Waals surface area contributed by atoms with E-state index < -0.39 is 17.4 Å². The zero-order chi connectivity index (χ0) is 15.2. The van der Waals surface area contributed by atoms with Crippen LogP contribution in [0.4, 0.5) is 0 Å². The SMILES string of the molecule is CC(=O)N1CC2=C[C@]2(C(=O)N(C)[C@H](C(N)=O)C(C)C)C1. The van der Waals surface area contributed by atoms with Gasteiger partial charge in [0.1, 0.15) is 11.5 Å². The summed E-state index contributed by atoms with van der Waals surface area (Å²) in [5.41, 5.74) is 5.68. The fraction of sp³-hybridized carbons (Fsp3) is 0.643. The molecule has 2 N–H and O–H groups in total. The molecule has 0 saturated carbocycles. The Bertz CT molecular complexity index is 512. The lowest BCUT2D eigenvalue weighted by Crippen LogP contribution is -2.52.